The topological polar surface area (TPSA) is 69.5 Å². The number of hydrogen-bond acceptors (Lipinski definition) is 6. The first-order valence-corrected chi connectivity index (χ1v) is 14.0. The highest BCUT2D eigenvalue weighted by molar-refractivity contribution is 9.10. The monoisotopic (exact) mass is 578 g/mol. The molecule has 4 aromatic rings. The Kier molecular flexibility index (Phi) is 8.11. The van der Waals surface area contributed by atoms with Crippen molar-refractivity contribution in [2.75, 3.05) is 23.8 Å². The summed E-state index contributed by atoms with van der Waals surface area (Å²) < 4.78 is 14.5. The van der Waals surface area contributed by atoms with Gasteiger partial charge in [-0.3, -0.25) is 9.36 Å². The van der Waals surface area contributed by atoms with Crippen molar-refractivity contribution in [3.05, 3.63) is 88.7 Å². The van der Waals surface area contributed by atoms with E-state index in [4.69, 9.17) is 9.47 Å². The molecule has 1 amide bonds. The highest BCUT2D eigenvalue weighted by Gasteiger charge is 2.23. The predicted molar refractivity (Wildman–Crippen MR) is 149 cm³/mol. The summed E-state index contributed by atoms with van der Waals surface area (Å²) in [6, 6.07) is 23.5. The third-order valence-corrected chi connectivity index (χ3v) is 7.47. The zero-order chi connectivity index (χ0) is 25.6. The quantitative estimate of drug-likeness (QED) is 0.224. The normalized spacial score (nSPS) is 12.8. The van der Waals surface area contributed by atoms with Crippen LogP contribution in [0.4, 0.5) is 5.69 Å². The van der Waals surface area contributed by atoms with Crippen molar-refractivity contribution in [3.63, 3.8) is 0 Å². The van der Waals surface area contributed by atoms with E-state index in [0.29, 0.717) is 17.6 Å². The lowest BCUT2D eigenvalue weighted by atomic mass is 10.0. The molecular formula is C28H27BrN4O3S. The van der Waals surface area contributed by atoms with Gasteiger partial charge in [0.05, 0.1) is 12.4 Å². The molecule has 3 aromatic carbocycles. The van der Waals surface area contributed by atoms with Gasteiger partial charge in [-0.1, -0.05) is 45.9 Å². The van der Waals surface area contributed by atoms with Crippen LogP contribution in [0.5, 0.6) is 11.5 Å². The van der Waals surface area contributed by atoms with E-state index in [1.807, 2.05) is 83.1 Å². The second-order valence-electron chi connectivity index (χ2n) is 8.47. The molecule has 0 bridgehead atoms. The SMILES string of the molecule is CCOc1ccc(-n2c(COc3ccc(Br)cc3)nnc2SCC(=O)N2CCCc3ccccc32)cc1. The molecule has 0 spiro atoms. The number of para-hydroxylation sites is 1. The van der Waals surface area contributed by atoms with Crippen molar-refractivity contribution in [1.29, 1.82) is 0 Å². The number of anilines is 1. The largest absolute Gasteiger partial charge is 0.494 e. The fraction of sp³-hybridized carbons (Fsp3) is 0.250. The molecule has 190 valence electrons. The van der Waals surface area contributed by atoms with Crippen LogP contribution in [0.25, 0.3) is 5.69 Å². The van der Waals surface area contributed by atoms with Crippen molar-refractivity contribution >= 4 is 39.3 Å². The minimum atomic E-state index is 0.0612. The number of halogens is 1. The van der Waals surface area contributed by atoms with Crippen LogP contribution in [0.3, 0.4) is 0 Å². The van der Waals surface area contributed by atoms with Gasteiger partial charge in [-0.25, -0.2) is 0 Å². The van der Waals surface area contributed by atoms with Crippen molar-refractivity contribution < 1.29 is 14.3 Å². The molecular weight excluding hydrogens is 552 g/mol. The number of nitrogens with zero attached hydrogens (tertiary/aromatic N) is 4. The van der Waals surface area contributed by atoms with E-state index in [2.05, 4.69) is 32.2 Å². The number of thioether (sulfide) groups is 1. The lowest BCUT2D eigenvalue weighted by Crippen LogP contribution is -2.36. The summed E-state index contributed by atoms with van der Waals surface area (Å²) in [5.74, 6) is 2.49. The lowest BCUT2D eigenvalue weighted by Gasteiger charge is -2.29. The number of amides is 1. The molecule has 0 saturated carbocycles. The molecule has 0 saturated heterocycles. The number of carbonyl (C=O) groups excluding carboxylic acids is 1. The Morgan fingerprint density at radius 3 is 2.49 bits per heavy atom. The van der Waals surface area contributed by atoms with Gasteiger partial charge >= 0.3 is 0 Å². The number of ether oxygens (including phenoxy) is 2. The molecule has 9 heteroatoms. The number of hydrogen-bond donors (Lipinski definition) is 0. The molecule has 0 radical (unpaired) electrons. The van der Waals surface area contributed by atoms with Gasteiger partial charge in [0.25, 0.3) is 0 Å². The summed E-state index contributed by atoms with van der Waals surface area (Å²) in [5, 5.41) is 9.47. The second-order valence-corrected chi connectivity index (χ2v) is 10.3. The van der Waals surface area contributed by atoms with Crippen LogP contribution in [0.2, 0.25) is 0 Å². The van der Waals surface area contributed by atoms with Crippen LogP contribution in [0.15, 0.2) is 82.4 Å². The predicted octanol–water partition coefficient (Wildman–Crippen LogP) is 6.08. The summed E-state index contributed by atoms with van der Waals surface area (Å²) in [4.78, 5) is 15.1. The van der Waals surface area contributed by atoms with E-state index in [9.17, 15) is 4.79 Å². The maximum absolute atomic E-state index is 13.2. The van der Waals surface area contributed by atoms with Crippen LogP contribution in [-0.2, 0) is 17.8 Å². The van der Waals surface area contributed by atoms with Gasteiger partial charge in [0.2, 0.25) is 5.91 Å². The number of fused-ring (bicyclic) bond motifs is 1. The number of rotatable bonds is 9. The van der Waals surface area contributed by atoms with E-state index in [0.717, 1.165) is 46.7 Å². The Morgan fingerprint density at radius 1 is 0.973 bits per heavy atom. The smallest absolute Gasteiger partial charge is 0.237 e. The Bertz CT molecular complexity index is 1360. The number of aryl methyl sites for hydroxylation is 1. The van der Waals surface area contributed by atoms with Gasteiger partial charge in [0, 0.05) is 22.4 Å². The molecule has 0 fully saturated rings. The summed E-state index contributed by atoms with van der Waals surface area (Å²) in [7, 11) is 0. The van der Waals surface area contributed by atoms with E-state index in [1.165, 1.54) is 17.3 Å². The Labute approximate surface area is 228 Å². The minimum Gasteiger partial charge on any atom is -0.494 e. The molecule has 0 aliphatic carbocycles. The number of benzene rings is 3. The van der Waals surface area contributed by atoms with Crippen molar-refractivity contribution in [3.8, 4) is 17.2 Å². The van der Waals surface area contributed by atoms with E-state index >= 15 is 0 Å². The Balaban J connectivity index is 1.36. The zero-order valence-electron chi connectivity index (χ0n) is 20.5. The van der Waals surface area contributed by atoms with Crippen molar-refractivity contribution in [2.45, 2.75) is 31.5 Å². The third kappa shape index (κ3) is 5.99. The molecule has 37 heavy (non-hydrogen) atoms. The molecule has 1 aliphatic heterocycles. The van der Waals surface area contributed by atoms with Crippen molar-refractivity contribution in [1.82, 2.24) is 14.8 Å². The van der Waals surface area contributed by atoms with Crippen LogP contribution < -0.4 is 14.4 Å². The summed E-state index contributed by atoms with van der Waals surface area (Å²) in [6.45, 7) is 3.52. The van der Waals surface area contributed by atoms with Crippen molar-refractivity contribution in [2.24, 2.45) is 0 Å². The highest BCUT2D eigenvalue weighted by atomic mass is 79.9. The first kappa shape index (κ1) is 25.4. The molecule has 0 unspecified atom stereocenters. The lowest BCUT2D eigenvalue weighted by molar-refractivity contribution is -0.116. The first-order valence-electron chi connectivity index (χ1n) is 12.2. The van der Waals surface area contributed by atoms with Crippen LogP contribution in [-0.4, -0.2) is 39.6 Å². The zero-order valence-corrected chi connectivity index (χ0v) is 22.9. The number of aromatic nitrogens is 3. The maximum atomic E-state index is 13.2. The third-order valence-electron chi connectivity index (χ3n) is 6.02. The molecule has 2 heterocycles. The van der Waals surface area contributed by atoms with Gasteiger partial charge in [-0.2, -0.15) is 0 Å². The molecule has 0 atom stereocenters. The van der Waals surface area contributed by atoms with Gasteiger partial charge in [-0.15, -0.1) is 10.2 Å². The standard InChI is InChI=1S/C28H27BrN4O3S/c1-2-35-23-15-11-22(12-16-23)33-26(18-36-24-13-9-21(29)10-14-24)30-31-28(33)37-19-27(34)32-17-5-7-20-6-3-4-8-25(20)32/h3-4,6,8-16H,2,5,7,17-19H2,1H3. The summed E-state index contributed by atoms with van der Waals surface area (Å²) >= 11 is 4.83. The fourth-order valence-corrected chi connectivity index (χ4v) is 5.39. The summed E-state index contributed by atoms with van der Waals surface area (Å²) in [6.07, 6.45) is 1.97. The molecule has 5 rings (SSSR count). The average Bonchev–Trinajstić information content (AvgIpc) is 3.34. The van der Waals surface area contributed by atoms with E-state index < -0.39 is 0 Å². The maximum Gasteiger partial charge on any atom is 0.237 e. The van der Waals surface area contributed by atoms with E-state index in [-0.39, 0.29) is 18.3 Å². The average molecular weight is 580 g/mol. The Hall–Kier alpha value is -3.30. The van der Waals surface area contributed by atoms with Crippen LogP contribution >= 0.6 is 27.7 Å². The second kappa shape index (κ2) is 11.8. The van der Waals surface area contributed by atoms with Gasteiger partial charge in [0.15, 0.2) is 11.0 Å². The summed E-state index contributed by atoms with van der Waals surface area (Å²) in [5.41, 5.74) is 3.11. The molecule has 7 nitrogen and oxygen atoms in total. The molecule has 1 aliphatic rings. The van der Waals surface area contributed by atoms with Crippen LogP contribution in [0, 0.1) is 0 Å². The number of carbonyl (C=O) groups is 1. The minimum absolute atomic E-state index is 0.0612. The fourth-order valence-electron chi connectivity index (χ4n) is 4.28. The van der Waals surface area contributed by atoms with Gasteiger partial charge in [-0.05, 0) is 79.9 Å². The van der Waals surface area contributed by atoms with Crippen LogP contribution in [0.1, 0.15) is 24.7 Å². The Morgan fingerprint density at radius 2 is 1.70 bits per heavy atom. The molecule has 0 N–H and O–H groups in total. The highest BCUT2D eigenvalue weighted by Crippen LogP contribution is 2.29. The molecule has 1 aromatic heterocycles. The first-order chi connectivity index (χ1) is 18.1. The van der Waals surface area contributed by atoms with Gasteiger partial charge < -0.3 is 14.4 Å². The van der Waals surface area contributed by atoms with Gasteiger partial charge in [0.1, 0.15) is 18.1 Å². The van der Waals surface area contributed by atoms with E-state index in [1.54, 1.807) is 0 Å².